The molecule has 0 amide bonds. The van der Waals surface area contributed by atoms with Gasteiger partial charge >= 0.3 is 0 Å². The van der Waals surface area contributed by atoms with Crippen molar-refractivity contribution in [2.75, 3.05) is 6.26 Å². The Labute approximate surface area is 122 Å². The fourth-order valence-electron chi connectivity index (χ4n) is 2.50. The molecule has 20 heavy (non-hydrogen) atoms. The molecule has 106 valence electrons. The van der Waals surface area contributed by atoms with E-state index in [9.17, 15) is 4.39 Å². The minimum absolute atomic E-state index is 0.215. The fraction of sp³-hybridized carbons (Fsp3) is 0.400. The standard InChI is InChI=1S/C15H17FN2OS/c1-9-8-11(16)4-5-12(9)13-14(20-3)15-18(17-13)7-6-10(2)19-15/h4-5,8,10H,6-7H2,1-3H3/t10-/m1/s1. The first kappa shape index (κ1) is 13.5. The minimum Gasteiger partial charge on any atom is -0.474 e. The Bertz CT molecular complexity index is 654. The topological polar surface area (TPSA) is 27.1 Å². The Morgan fingerprint density at radius 2 is 2.25 bits per heavy atom. The van der Waals surface area contributed by atoms with E-state index in [1.165, 1.54) is 6.07 Å². The Hall–Kier alpha value is -1.49. The van der Waals surface area contributed by atoms with Crippen molar-refractivity contribution in [3.05, 3.63) is 29.6 Å². The van der Waals surface area contributed by atoms with E-state index >= 15 is 0 Å². The van der Waals surface area contributed by atoms with Gasteiger partial charge in [0, 0.05) is 18.5 Å². The molecule has 5 heteroatoms. The fourth-order valence-corrected chi connectivity index (χ4v) is 3.17. The molecule has 2 heterocycles. The van der Waals surface area contributed by atoms with E-state index in [4.69, 9.17) is 4.74 Å². The van der Waals surface area contributed by atoms with Crippen LogP contribution in [-0.2, 0) is 6.54 Å². The van der Waals surface area contributed by atoms with Gasteiger partial charge in [0.1, 0.15) is 11.5 Å². The van der Waals surface area contributed by atoms with Gasteiger partial charge in [0.15, 0.2) is 0 Å². The summed E-state index contributed by atoms with van der Waals surface area (Å²) in [6.45, 7) is 4.85. The molecule has 0 saturated carbocycles. The first-order valence-electron chi connectivity index (χ1n) is 6.68. The highest BCUT2D eigenvalue weighted by Crippen LogP contribution is 2.40. The van der Waals surface area contributed by atoms with Gasteiger partial charge in [0.25, 0.3) is 0 Å². The van der Waals surface area contributed by atoms with Crippen molar-refractivity contribution < 1.29 is 9.13 Å². The maximum Gasteiger partial charge on any atom is 0.226 e. The lowest BCUT2D eigenvalue weighted by molar-refractivity contribution is 0.144. The second-order valence-electron chi connectivity index (χ2n) is 5.09. The molecule has 1 aliphatic rings. The Balaban J connectivity index is 2.14. The second kappa shape index (κ2) is 5.13. The number of rotatable bonds is 2. The van der Waals surface area contributed by atoms with Crippen molar-refractivity contribution >= 4 is 11.8 Å². The monoisotopic (exact) mass is 292 g/mol. The summed E-state index contributed by atoms with van der Waals surface area (Å²) in [6, 6.07) is 4.82. The summed E-state index contributed by atoms with van der Waals surface area (Å²) in [6.07, 6.45) is 3.19. The van der Waals surface area contributed by atoms with Crippen LogP contribution in [0, 0.1) is 12.7 Å². The van der Waals surface area contributed by atoms with Crippen LogP contribution in [0.3, 0.4) is 0 Å². The van der Waals surface area contributed by atoms with Crippen molar-refractivity contribution in [1.82, 2.24) is 9.78 Å². The van der Waals surface area contributed by atoms with Crippen LogP contribution in [-0.4, -0.2) is 22.1 Å². The molecule has 0 radical (unpaired) electrons. The number of benzene rings is 1. The largest absolute Gasteiger partial charge is 0.474 e. The summed E-state index contributed by atoms with van der Waals surface area (Å²) >= 11 is 1.62. The van der Waals surface area contributed by atoms with Gasteiger partial charge in [-0.15, -0.1) is 11.8 Å². The van der Waals surface area contributed by atoms with Gasteiger partial charge < -0.3 is 4.74 Å². The third-order valence-corrected chi connectivity index (χ3v) is 4.35. The molecule has 0 saturated heterocycles. The average molecular weight is 292 g/mol. The van der Waals surface area contributed by atoms with E-state index < -0.39 is 0 Å². The second-order valence-corrected chi connectivity index (χ2v) is 5.90. The predicted molar refractivity (Wildman–Crippen MR) is 78.8 cm³/mol. The number of ether oxygens (including phenoxy) is 1. The molecule has 0 fully saturated rings. The van der Waals surface area contributed by atoms with E-state index in [0.29, 0.717) is 0 Å². The molecular weight excluding hydrogens is 275 g/mol. The third kappa shape index (κ3) is 2.20. The van der Waals surface area contributed by atoms with Crippen LogP contribution >= 0.6 is 11.8 Å². The zero-order valence-corrected chi connectivity index (χ0v) is 12.6. The van der Waals surface area contributed by atoms with Gasteiger partial charge in [-0.05, 0) is 43.9 Å². The van der Waals surface area contributed by atoms with Crippen LogP contribution < -0.4 is 4.74 Å². The molecule has 0 spiro atoms. The van der Waals surface area contributed by atoms with Crippen LogP contribution in [0.5, 0.6) is 5.88 Å². The van der Waals surface area contributed by atoms with Gasteiger partial charge in [0.05, 0.1) is 11.0 Å². The maximum absolute atomic E-state index is 13.3. The quantitative estimate of drug-likeness (QED) is 0.786. The molecule has 3 rings (SSSR count). The van der Waals surface area contributed by atoms with E-state index in [1.54, 1.807) is 23.9 Å². The van der Waals surface area contributed by atoms with Gasteiger partial charge in [-0.2, -0.15) is 5.10 Å². The molecule has 2 aromatic rings. The molecule has 0 unspecified atom stereocenters. The number of halogens is 1. The lowest BCUT2D eigenvalue weighted by atomic mass is 10.1. The normalized spacial score (nSPS) is 17.7. The van der Waals surface area contributed by atoms with E-state index in [0.717, 1.165) is 40.6 Å². The molecule has 0 aliphatic carbocycles. The summed E-state index contributed by atoms with van der Waals surface area (Å²) < 4.78 is 21.1. The number of fused-ring (bicyclic) bond motifs is 1. The molecule has 0 N–H and O–H groups in total. The zero-order chi connectivity index (χ0) is 14.3. The van der Waals surface area contributed by atoms with Gasteiger partial charge in [0.2, 0.25) is 5.88 Å². The average Bonchev–Trinajstić information content (AvgIpc) is 2.76. The van der Waals surface area contributed by atoms with Crippen molar-refractivity contribution in [2.24, 2.45) is 0 Å². The number of aryl methyl sites for hydroxylation is 2. The molecule has 1 atom stereocenters. The van der Waals surface area contributed by atoms with Crippen molar-refractivity contribution in [2.45, 2.75) is 37.8 Å². The van der Waals surface area contributed by atoms with Crippen LogP contribution in [0.1, 0.15) is 18.9 Å². The van der Waals surface area contributed by atoms with Gasteiger partial charge in [-0.3, -0.25) is 0 Å². The van der Waals surface area contributed by atoms with Crippen molar-refractivity contribution in [1.29, 1.82) is 0 Å². The third-order valence-electron chi connectivity index (χ3n) is 3.57. The Morgan fingerprint density at radius 1 is 1.45 bits per heavy atom. The molecule has 3 nitrogen and oxygen atoms in total. The van der Waals surface area contributed by atoms with E-state index in [1.807, 2.05) is 17.9 Å². The van der Waals surface area contributed by atoms with E-state index in [-0.39, 0.29) is 11.9 Å². The number of hydrogen-bond donors (Lipinski definition) is 0. The SMILES string of the molecule is CSc1c(-c2ccc(F)cc2C)nn2c1O[C@H](C)CC2. The maximum atomic E-state index is 13.3. The number of hydrogen-bond acceptors (Lipinski definition) is 3. The van der Waals surface area contributed by atoms with Crippen LogP contribution in [0.25, 0.3) is 11.3 Å². The smallest absolute Gasteiger partial charge is 0.226 e. The van der Waals surface area contributed by atoms with Crippen molar-refractivity contribution in [3.8, 4) is 17.1 Å². The highest BCUT2D eigenvalue weighted by atomic mass is 32.2. The van der Waals surface area contributed by atoms with Crippen LogP contribution in [0.4, 0.5) is 4.39 Å². The Kier molecular flexibility index (Phi) is 3.46. The van der Waals surface area contributed by atoms with E-state index in [2.05, 4.69) is 12.0 Å². The number of aromatic nitrogens is 2. The van der Waals surface area contributed by atoms with Crippen LogP contribution in [0.2, 0.25) is 0 Å². The summed E-state index contributed by atoms with van der Waals surface area (Å²) in [5.74, 6) is 0.626. The Morgan fingerprint density at radius 3 is 2.95 bits per heavy atom. The van der Waals surface area contributed by atoms with Crippen LogP contribution in [0.15, 0.2) is 23.1 Å². The first-order chi connectivity index (χ1) is 9.60. The van der Waals surface area contributed by atoms with Crippen molar-refractivity contribution in [3.63, 3.8) is 0 Å². The molecule has 0 bridgehead atoms. The summed E-state index contributed by atoms with van der Waals surface area (Å²) in [7, 11) is 0. The van der Waals surface area contributed by atoms with Gasteiger partial charge in [-0.25, -0.2) is 9.07 Å². The minimum atomic E-state index is -0.217. The highest BCUT2D eigenvalue weighted by molar-refractivity contribution is 7.98. The first-order valence-corrected chi connectivity index (χ1v) is 7.90. The lowest BCUT2D eigenvalue weighted by Gasteiger charge is -2.21. The summed E-state index contributed by atoms with van der Waals surface area (Å²) in [4.78, 5) is 1.03. The summed E-state index contributed by atoms with van der Waals surface area (Å²) in [5.41, 5.74) is 2.75. The van der Waals surface area contributed by atoms with Gasteiger partial charge in [-0.1, -0.05) is 0 Å². The molecule has 1 aliphatic heterocycles. The molecular formula is C15H17FN2OS. The highest BCUT2D eigenvalue weighted by Gasteiger charge is 2.25. The molecule has 1 aromatic carbocycles. The molecule has 1 aromatic heterocycles. The lowest BCUT2D eigenvalue weighted by Crippen LogP contribution is -2.23. The summed E-state index contributed by atoms with van der Waals surface area (Å²) in [5, 5.41) is 4.67. The zero-order valence-electron chi connectivity index (χ0n) is 11.8. The number of nitrogens with zero attached hydrogens (tertiary/aromatic N) is 2. The number of thioether (sulfide) groups is 1. The predicted octanol–water partition coefficient (Wildman–Crippen LogP) is 3.89.